The Morgan fingerprint density at radius 2 is 1.80 bits per heavy atom. The Hall–Kier alpha value is -2.85. The number of fused-ring (bicyclic) bond motifs is 1. The molecule has 25 heavy (non-hydrogen) atoms. The number of allylic oxidation sites excluding steroid dienone is 1. The van der Waals surface area contributed by atoms with Gasteiger partial charge in [-0.1, -0.05) is 17.2 Å². The van der Waals surface area contributed by atoms with Crippen molar-refractivity contribution >= 4 is 28.5 Å². The molecule has 3 aromatic rings. The average molecular weight is 355 g/mol. The zero-order valence-corrected chi connectivity index (χ0v) is 14.5. The third-order valence-corrected chi connectivity index (χ3v) is 3.70. The number of ether oxygens (including phenoxy) is 1. The summed E-state index contributed by atoms with van der Waals surface area (Å²) in [5, 5.41) is 0.954. The van der Waals surface area contributed by atoms with Crippen molar-refractivity contribution in [2.75, 3.05) is 0 Å². The number of halogens is 1. The van der Waals surface area contributed by atoms with Crippen LogP contribution in [0.25, 0.3) is 22.3 Å². The smallest absolute Gasteiger partial charge is 0.336 e. The highest BCUT2D eigenvalue weighted by Gasteiger charge is 2.09. The molecule has 0 aliphatic rings. The fraction of sp³-hybridized carbons (Fsp3) is 0.100. The highest BCUT2D eigenvalue weighted by molar-refractivity contribution is 6.30. The van der Waals surface area contributed by atoms with E-state index in [1.54, 1.807) is 50.2 Å². The maximum Gasteiger partial charge on any atom is 0.336 e. The van der Waals surface area contributed by atoms with Crippen LogP contribution in [-0.2, 0) is 4.79 Å². The van der Waals surface area contributed by atoms with E-state index in [4.69, 9.17) is 20.8 Å². The topological polar surface area (TPSA) is 56.5 Å². The maximum atomic E-state index is 12.4. The lowest BCUT2D eigenvalue weighted by atomic mass is 10.1. The van der Waals surface area contributed by atoms with E-state index in [1.807, 2.05) is 0 Å². The van der Waals surface area contributed by atoms with Crippen LogP contribution in [-0.4, -0.2) is 5.97 Å². The average Bonchev–Trinajstić information content (AvgIpc) is 2.55. The second kappa shape index (κ2) is 6.95. The predicted octanol–water partition coefficient (Wildman–Crippen LogP) is 4.99. The van der Waals surface area contributed by atoms with E-state index in [1.165, 1.54) is 18.2 Å². The summed E-state index contributed by atoms with van der Waals surface area (Å²) < 4.78 is 11.0. The predicted molar refractivity (Wildman–Crippen MR) is 98.0 cm³/mol. The van der Waals surface area contributed by atoms with Crippen LogP contribution in [0.1, 0.15) is 13.8 Å². The Morgan fingerprint density at radius 1 is 1.08 bits per heavy atom. The third kappa shape index (κ3) is 3.98. The minimum atomic E-state index is -0.485. The van der Waals surface area contributed by atoms with Crippen LogP contribution in [0, 0.1) is 0 Å². The standard InChI is InChI=1S/C20H15ClO4/c1-12(2)9-20(23)24-15-7-8-18-16(10-15)17(22)11-19(25-18)13-3-5-14(21)6-4-13/h3-11H,1-2H3. The first-order chi connectivity index (χ1) is 11.9. The van der Waals surface area contributed by atoms with Crippen molar-refractivity contribution in [2.24, 2.45) is 0 Å². The SMILES string of the molecule is CC(C)=CC(=O)Oc1ccc2oc(-c3ccc(Cl)cc3)cc(=O)c2c1. The highest BCUT2D eigenvalue weighted by Crippen LogP contribution is 2.25. The Labute approximate surface area is 149 Å². The number of hydrogen-bond donors (Lipinski definition) is 0. The summed E-state index contributed by atoms with van der Waals surface area (Å²) in [4.78, 5) is 24.1. The molecule has 0 amide bonds. The zero-order valence-electron chi connectivity index (χ0n) is 13.7. The molecule has 0 saturated heterocycles. The molecule has 0 atom stereocenters. The molecule has 2 aromatic carbocycles. The van der Waals surface area contributed by atoms with Gasteiger partial charge < -0.3 is 9.15 Å². The van der Waals surface area contributed by atoms with Crippen molar-refractivity contribution in [3.63, 3.8) is 0 Å². The minimum absolute atomic E-state index is 0.216. The second-order valence-electron chi connectivity index (χ2n) is 5.78. The molecular weight excluding hydrogens is 340 g/mol. The van der Waals surface area contributed by atoms with Crippen molar-refractivity contribution in [3.8, 4) is 17.1 Å². The van der Waals surface area contributed by atoms with Crippen LogP contribution < -0.4 is 10.2 Å². The minimum Gasteiger partial charge on any atom is -0.456 e. The summed E-state index contributed by atoms with van der Waals surface area (Å²) in [5.41, 5.74) is 1.78. The van der Waals surface area contributed by atoms with E-state index in [-0.39, 0.29) is 5.43 Å². The van der Waals surface area contributed by atoms with E-state index in [9.17, 15) is 9.59 Å². The Kier molecular flexibility index (Phi) is 4.72. The molecule has 3 rings (SSSR count). The molecule has 0 fully saturated rings. The first-order valence-electron chi connectivity index (χ1n) is 7.63. The molecule has 126 valence electrons. The van der Waals surface area contributed by atoms with Crippen molar-refractivity contribution in [2.45, 2.75) is 13.8 Å². The highest BCUT2D eigenvalue weighted by atomic mass is 35.5. The summed E-state index contributed by atoms with van der Waals surface area (Å²) in [6, 6.07) is 13.1. The van der Waals surface area contributed by atoms with Gasteiger partial charge in [0.1, 0.15) is 17.1 Å². The lowest BCUT2D eigenvalue weighted by Crippen LogP contribution is -2.06. The van der Waals surface area contributed by atoms with Crippen molar-refractivity contribution in [1.82, 2.24) is 0 Å². The number of benzene rings is 2. The molecule has 0 radical (unpaired) electrons. The lowest BCUT2D eigenvalue weighted by Gasteiger charge is -2.06. The van der Waals surface area contributed by atoms with Crippen molar-refractivity contribution in [3.05, 3.63) is 75.4 Å². The lowest BCUT2D eigenvalue weighted by molar-refractivity contribution is -0.129. The van der Waals surface area contributed by atoms with E-state index >= 15 is 0 Å². The molecule has 4 nitrogen and oxygen atoms in total. The summed E-state index contributed by atoms with van der Waals surface area (Å²) in [6.45, 7) is 3.60. The van der Waals surface area contributed by atoms with Gasteiger partial charge in [-0.15, -0.1) is 0 Å². The van der Waals surface area contributed by atoms with E-state index in [2.05, 4.69) is 0 Å². The van der Waals surface area contributed by atoms with Gasteiger partial charge in [-0.2, -0.15) is 0 Å². The summed E-state index contributed by atoms with van der Waals surface area (Å²) in [6.07, 6.45) is 1.39. The van der Waals surface area contributed by atoms with Crippen LogP contribution in [0.3, 0.4) is 0 Å². The molecular formula is C20H15ClO4. The number of esters is 1. The van der Waals surface area contributed by atoms with Crippen LogP contribution in [0.5, 0.6) is 5.75 Å². The molecule has 0 N–H and O–H groups in total. The van der Waals surface area contributed by atoms with Gasteiger partial charge in [-0.3, -0.25) is 4.79 Å². The molecule has 1 heterocycles. The molecule has 0 spiro atoms. The van der Waals surface area contributed by atoms with Crippen LogP contribution in [0.4, 0.5) is 0 Å². The van der Waals surface area contributed by atoms with Gasteiger partial charge in [0.25, 0.3) is 0 Å². The van der Waals surface area contributed by atoms with Crippen molar-refractivity contribution in [1.29, 1.82) is 0 Å². The molecule has 0 aliphatic heterocycles. The number of hydrogen-bond acceptors (Lipinski definition) is 4. The Bertz CT molecular complexity index is 1030. The van der Waals surface area contributed by atoms with Gasteiger partial charge in [0.05, 0.1) is 5.39 Å². The molecule has 1 aromatic heterocycles. The van der Waals surface area contributed by atoms with Crippen LogP contribution in [0.2, 0.25) is 5.02 Å². The first-order valence-corrected chi connectivity index (χ1v) is 8.01. The van der Waals surface area contributed by atoms with E-state index in [0.29, 0.717) is 27.5 Å². The van der Waals surface area contributed by atoms with E-state index < -0.39 is 5.97 Å². The zero-order chi connectivity index (χ0) is 18.0. The second-order valence-corrected chi connectivity index (χ2v) is 6.22. The van der Waals surface area contributed by atoms with Gasteiger partial charge in [-0.25, -0.2) is 4.79 Å². The van der Waals surface area contributed by atoms with E-state index in [0.717, 1.165) is 11.1 Å². The van der Waals surface area contributed by atoms with Crippen LogP contribution in [0.15, 0.2) is 69.4 Å². The van der Waals surface area contributed by atoms with Gasteiger partial charge >= 0.3 is 5.97 Å². The molecule has 0 unspecified atom stereocenters. The Balaban J connectivity index is 1.99. The number of rotatable bonds is 3. The fourth-order valence-corrected chi connectivity index (χ4v) is 2.46. The molecule has 0 bridgehead atoms. The molecule has 5 heteroatoms. The number of carbonyl (C=O) groups excluding carboxylic acids is 1. The third-order valence-electron chi connectivity index (χ3n) is 3.45. The maximum absolute atomic E-state index is 12.4. The van der Waals surface area contributed by atoms with Gasteiger partial charge in [0, 0.05) is 22.7 Å². The normalized spacial score (nSPS) is 10.5. The van der Waals surface area contributed by atoms with Crippen molar-refractivity contribution < 1.29 is 13.9 Å². The first kappa shape index (κ1) is 17.0. The fourth-order valence-electron chi connectivity index (χ4n) is 2.34. The molecule has 0 aliphatic carbocycles. The number of carbonyl (C=O) groups is 1. The summed E-state index contributed by atoms with van der Waals surface area (Å²) in [5.74, 6) is 0.256. The summed E-state index contributed by atoms with van der Waals surface area (Å²) in [7, 11) is 0. The molecule has 0 saturated carbocycles. The van der Waals surface area contributed by atoms with Crippen LogP contribution >= 0.6 is 11.6 Å². The Morgan fingerprint density at radius 3 is 2.48 bits per heavy atom. The van der Waals surface area contributed by atoms with Gasteiger partial charge in [-0.05, 0) is 56.3 Å². The van der Waals surface area contributed by atoms with Gasteiger partial charge in [0.15, 0.2) is 5.43 Å². The van der Waals surface area contributed by atoms with Gasteiger partial charge in [0.2, 0.25) is 0 Å². The quantitative estimate of drug-likeness (QED) is 0.378. The monoisotopic (exact) mass is 354 g/mol. The summed E-state index contributed by atoms with van der Waals surface area (Å²) >= 11 is 5.88. The largest absolute Gasteiger partial charge is 0.456 e.